The van der Waals surface area contributed by atoms with Crippen molar-refractivity contribution in [1.29, 1.82) is 0 Å². The number of rotatable bonds is 11. The van der Waals surface area contributed by atoms with Gasteiger partial charge in [-0.3, -0.25) is 14.8 Å². The fourth-order valence-corrected chi connectivity index (χ4v) is 6.00. The standard InChI is InChI=1S/C33H37ClF3N7O4/c34-29-11-9-22(17-28(29)33(35,36)37)19-38-40-32(47)27-18-25(42-13-2-1-3-14-42)10-12-30(27)39-31(46)24-7-4-6-23(16-24)20-43-21-26(8-5-15-45)44(48)41-43/h4,6-7,9-12,16-19,26,41,44-45H,1-3,5,8,13-15,20-21H2,(H,39,46)(H,40,47)/b38-19+. The lowest BCUT2D eigenvalue weighted by Crippen LogP contribution is -3.15. The van der Waals surface area contributed by atoms with Gasteiger partial charge in [0, 0.05) is 43.9 Å². The predicted octanol–water partition coefficient (Wildman–Crippen LogP) is 4.12. The average molecular weight is 688 g/mol. The zero-order valence-corrected chi connectivity index (χ0v) is 26.8. The third-order valence-corrected chi connectivity index (χ3v) is 8.58. The molecule has 0 aliphatic carbocycles. The van der Waals surface area contributed by atoms with Gasteiger partial charge in [-0.25, -0.2) is 5.43 Å². The van der Waals surface area contributed by atoms with E-state index < -0.39 is 28.6 Å². The number of carbonyl (C=O) groups excluding carboxylic acids is 2. The highest BCUT2D eigenvalue weighted by Gasteiger charge is 2.33. The van der Waals surface area contributed by atoms with Gasteiger partial charge in [-0.15, -0.1) is 0 Å². The number of aliphatic hydroxyl groups excluding tert-OH is 1. The molecule has 5 rings (SSSR count). The molecule has 15 heteroatoms. The molecule has 256 valence electrons. The van der Waals surface area contributed by atoms with Crippen molar-refractivity contribution in [2.45, 2.75) is 50.9 Å². The Labute approximate surface area is 280 Å². The van der Waals surface area contributed by atoms with E-state index in [9.17, 15) is 28.0 Å². The largest absolute Gasteiger partial charge is 0.612 e. The normalized spacial score (nSPS) is 18.8. The van der Waals surface area contributed by atoms with E-state index in [1.165, 1.54) is 6.07 Å². The first-order valence-electron chi connectivity index (χ1n) is 15.7. The Morgan fingerprint density at radius 1 is 1.08 bits per heavy atom. The van der Waals surface area contributed by atoms with Crippen molar-refractivity contribution >= 4 is 41.0 Å². The summed E-state index contributed by atoms with van der Waals surface area (Å²) in [4.78, 5) is 29.0. The van der Waals surface area contributed by atoms with E-state index in [1.807, 2.05) is 12.1 Å². The summed E-state index contributed by atoms with van der Waals surface area (Å²) >= 11 is 5.70. The molecule has 2 amide bonds. The molecule has 0 bridgehead atoms. The number of quaternary nitrogens is 1. The maximum absolute atomic E-state index is 13.4. The predicted molar refractivity (Wildman–Crippen MR) is 176 cm³/mol. The highest BCUT2D eigenvalue weighted by atomic mass is 35.5. The number of hydrazine groups is 1. The van der Waals surface area contributed by atoms with Crippen LogP contribution in [0.4, 0.5) is 24.5 Å². The van der Waals surface area contributed by atoms with Crippen LogP contribution in [-0.4, -0.2) is 60.4 Å². The van der Waals surface area contributed by atoms with Gasteiger partial charge in [0.15, 0.2) is 0 Å². The number of alkyl halides is 3. The second-order valence-corrected chi connectivity index (χ2v) is 12.2. The number of aliphatic hydroxyl groups is 1. The molecule has 5 N–H and O–H groups in total. The third kappa shape index (κ3) is 9.09. The van der Waals surface area contributed by atoms with Crippen LogP contribution in [0, 0.1) is 5.21 Å². The van der Waals surface area contributed by atoms with E-state index >= 15 is 0 Å². The first kappa shape index (κ1) is 35.3. The fourth-order valence-electron chi connectivity index (χ4n) is 5.78. The second-order valence-electron chi connectivity index (χ2n) is 11.8. The molecular weight excluding hydrogens is 651 g/mol. The topological polar surface area (TPSA) is 137 Å². The van der Waals surface area contributed by atoms with Gasteiger partial charge in [0.05, 0.1) is 34.6 Å². The maximum Gasteiger partial charge on any atom is 0.417 e. The van der Waals surface area contributed by atoms with Gasteiger partial charge in [-0.1, -0.05) is 35.3 Å². The molecule has 0 saturated carbocycles. The number of hydrazone groups is 1. The van der Waals surface area contributed by atoms with Crippen molar-refractivity contribution < 1.29 is 33.0 Å². The van der Waals surface area contributed by atoms with Gasteiger partial charge in [0.25, 0.3) is 11.8 Å². The van der Waals surface area contributed by atoms with Crippen LogP contribution in [0.15, 0.2) is 65.8 Å². The first-order valence-corrected chi connectivity index (χ1v) is 16.1. The molecule has 0 radical (unpaired) electrons. The zero-order chi connectivity index (χ0) is 34.3. The smallest absolute Gasteiger partial charge is 0.417 e. The van der Waals surface area contributed by atoms with E-state index in [0.29, 0.717) is 31.5 Å². The molecule has 2 heterocycles. The molecule has 48 heavy (non-hydrogen) atoms. The van der Waals surface area contributed by atoms with Crippen LogP contribution in [0.25, 0.3) is 0 Å². The highest BCUT2D eigenvalue weighted by Crippen LogP contribution is 2.35. The summed E-state index contributed by atoms with van der Waals surface area (Å²) in [5.74, 6) is -1.13. The number of nitrogens with one attached hydrogen (secondary N) is 4. The van der Waals surface area contributed by atoms with Gasteiger partial charge in [0.1, 0.15) is 6.04 Å². The lowest BCUT2D eigenvalue weighted by atomic mass is 10.1. The number of anilines is 2. The quantitative estimate of drug-likeness (QED) is 0.116. The van der Waals surface area contributed by atoms with Gasteiger partial charge in [0.2, 0.25) is 0 Å². The average Bonchev–Trinajstić information content (AvgIpc) is 3.42. The summed E-state index contributed by atoms with van der Waals surface area (Å²) in [6.07, 6.45) is 0.676. The van der Waals surface area contributed by atoms with Crippen molar-refractivity contribution in [3.8, 4) is 0 Å². The van der Waals surface area contributed by atoms with Crippen molar-refractivity contribution in [3.05, 3.63) is 98.7 Å². The molecule has 3 aromatic rings. The number of nitrogens with zero attached hydrogens (tertiary/aromatic N) is 3. The van der Waals surface area contributed by atoms with Gasteiger partial charge in [-0.2, -0.15) is 23.3 Å². The molecule has 2 aliphatic heterocycles. The van der Waals surface area contributed by atoms with Crippen LogP contribution in [0.5, 0.6) is 0 Å². The van der Waals surface area contributed by atoms with E-state index in [0.717, 1.165) is 62.0 Å². The molecule has 2 aliphatic rings. The highest BCUT2D eigenvalue weighted by molar-refractivity contribution is 6.31. The lowest BCUT2D eigenvalue weighted by Gasteiger charge is -2.29. The van der Waals surface area contributed by atoms with E-state index in [1.54, 1.807) is 35.3 Å². The minimum Gasteiger partial charge on any atom is -0.612 e. The zero-order valence-electron chi connectivity index (χ0n) is 26.0. The molecule has 2 unspecified atom stereocenters. The molecule has 2 atom stereocenters. The molecule has 11 nitrogen and oxygen atoms in total. The van der Waals surface area contributed by atoms with Gasteiger partial charge >= 0.3 is 6.18 Å². The van der Waals surface area contributed by atoms with E-state index in [2.05, 4.69) is 26.3 Å². The number of hydroxylamine groups is 1. The summed E-state index contributed by atoms with van der Waals surface area (Å²) in [7, 11) is 0. The molecule has 3 aromatic carbocycles. The summed E-state index contributed by atoms with van der Waals surface area (Å²) in [6.45, 7) is 2.51. The molecule has 0 spiro atoms. The monoisotopic (exact) mass is 687 g/mol. The number of halogens is 4. The van der Waals surface area contributed by atoms with Crippen LogP contribution in [0.3, 0.4) is 0 Å². The molecule has 0 aromatic heterocycles. The molecule has 2 fully saturated rings. The number of carbonyl (C=O) groups is 2. The van der Waals surface area contributed by atoms with E-state index in [-0.39, 0.29) is 34.6 Å². The first-order chi connectivity index (χ1) is 23.0. The number of piperidine rings is 1. The van der Waals surface area contributed by atoms with Crippen LogP contribution in [0.1, 0.15) is 69.5 Å². The second kappa shape index (κ2) is 15.9. The van der Waals surface area contributed by atoms with Crippen LogP contribution in [0.2, 0.25) is 5.02 Å². The van der Waals surface area contributed by atoms with Crippen LogP contribution in [-0.2, 0) is 12.7 Å². The third-order valence-electron chi connectivity index (χ3n) is 8.25. The number of amides is 2. The summed E-state index contributed by atoms with van der Waals surface area (Å²) < 4.78 is 39.8. The van der Waals surface area contributed by atoms with Crippen molar-refractivity contribution in [2.24, 2.45) is 5.10 Å². The lowest BCUT2D eigenvalue weighted by molar-refractivity contribution is -0.915. The summed E-state index contributed by atoms with van der Waals surface area (Å²) in [5.41, 5.74) is 6.53. The minimum atomic E-state index is -4.65. The number of hydrogen-bond donors (Lipinski definition) is 5. The van der Waals surface area contributed by atoms with Gasteiger partial charge in [-0.05, 0) is 79.3 Å². The Hall–Kier alpha value is -4.05. The van der Waals surface area contributed by atoms with Crippen LogP contribution < -0.4 is 26.3 Å². The summed E-state index contributed by atoms with van der Waals surface area (Å²) in [6, 6.07) is 15.1. The van der Waals surface area contributed by atoms with Crippen molar-refractivity contribution in [2.75, 3.05) is 36.5 Å². The van der Waals surface area contributed by atoms with Crippen LogP contribution >= 0.6 is 11.6 Å². The van der Waals surface area contributed by atoms with E-state index in [4.69, 9.17) is 16.7 Å². The molecular formula is C33H37ClF3N7O4. The fraction of sp³-hybridized carbons (Fsp3) is 0.364. The molecule has 2 saturated heterocycles. The summed E-state index contributed by atoms with van der Waals surface area (Å²) in [5, 5.41) is 29.3. The Balaban J connectivity index is 1.32. The SMILES string of the molecule is O=C(Nc1ccc(N2CCCCC2)cc1C(=O)N/N=C/c1ccc(Cl)c(C(F)(F)F)c1)c1cccc(CN2CC(CCCO)[NH+]([O-])N2)c1. The Kier molecular flexibility index (Phi) is 11.7. The minimum absolute atomic E-state index is 0.0219. The number of benzene rings is 3. The Morgan fingerprint density at radius 2 is 1.88 bits per heavy atom. The van der Waals surface area contributed by atoms with Crippen molar-refractivity contribution in [3.63, 3.8) is 0 Å². The Bertz CT molecular complexity index is 1630. The Morgan fingerprint density at radius 3 is 2.62 bits per heavy atom. The van der Waals surface area contributed by atoms with Gasteiger partial charge < -0.3 is 20.5 Å². The van der Waals surface area contributed by atoms with Crippen molar-refractivity contribution in [1.82, 2.24) is 16.0 Å². The number of hydrogen-bond acceptors (Lipinski definition) is 8. The maximum atomic E-state index is 13.4.